The third-order valence-corrected chi connectivity index (χ3v) is 3.76. The summed E-state index contributed by atoms with van der Waals surface area (Å²) in [6.45, 7) is 8.61. The molecule has 0 bridgehead atoms. The monoisotopic (exact) mass is 250 g/mol. The molecule has 0 aliphatic heterocycles. The summed E-state index contributed by atoms with van der Waals surface area (Å²) in [5.74, 6) is 1.13. The molecule has 0 aromatic carbocycles. The second-order valence-corrected chi connectivity index (χ2v) is 6.26. The highest BCUT2D eigenvalue weighted by molar-refractivity contribution is 6.23. The summed E-state index contributed by atoms with van der Waals surface area (Å²) in [6, 6.07) is 0. The quantitative estimate of drug-likeness (QED) is 0.478. The Bertz CT molecular complexity index is 173. The summed E-state index contributed by atoms with van der Waals surface area (Å²) in [5, 5.41) is 0. The van der Waals surface area contributed by atoms with E-state index in [2.05, 4.69) is 27.7 Å². The van der Waals surface area contributed by atoms with Crippen molar-refractivity contribution in [2.24, 2.45) is 11.8 Å². The topological polar surface area (TPSA) is 18.5 Å². The van der Waals surface area contributed by atoms with Gasteiger partial charge in [0.05, 0.1) is 0 Å². The molecule has 0 amide bonds. The van der Waals surface area contributed by atoms with Crippen molar-refractivity contribution in [3.8, 4) is 0 Å². The number of rotatable bonds is 8. The van der Waals surface area contributed by atoms with Crippen LogP contribution < -0.4 is 0 Å². The van der Waals surface area contributed by atoms with Gasteiger partial charge >= 0.3 is 0 Å². The SMILES string of the molecule is COC(CC(C)CCC(C)C(C)(C)Cl)OC. The molecular formula is C13H27ClO2. The summed E-state index contributed by atoms with van der Waals surface area (Å²) in [7, 11) is 3.37. The third kappa shape index (κ3) is 6.72. The molecule has 0 aliphatic rings. The van der Waals surface area contributed by atoms with Crippen LogP contribution in [0.15, 0.2) is 0 Å². The molecule has 0 aromatic rings. The van der Waals surface area contributed by atoms with E-state index >= 15 is 0 Å². The Hall–Kier alpha value is 0.210. The molecular weight excluding hydrogens is 224 g/mol. The van der Waals surface area contributed by atoms with Crippen LogP contribution >= 0.6 is 11.6 Å². The van der Waals surface area contributed by atoms with Crippen LogP contribution in [0.1, 0.15) is 47.0 Å². The maximum absolute atomic E-state index is 6.28. The van der Waals surface area contributed by atoms with Gasteiger partial charge in [-0.25, -0.2) is 0 Å². The van der Waals surface area contributed by atoms with Crippen LogP contribution in [0.5, 0.6) is 0 Å². The molecule has 2 atom stereocenters. The zero-order chi connectivity index (χ0) is 12.8. The third-order valence-electron chi connectivity index (χ3n) is 3.38. The van der Waals surface area contributed by atoms with E-state index in [0.29, 0.717) is 11.8 Å². The van der Waals surface area contributed by atoms with Gasteiger partial charge < -0.3 is 9.47 Å². The summed E-state index contributed by atoms with van der Waals surface area (Å²) >= 11 is 6.28. The summed E-state index contributed by atoms with van der Waals surface area (Å²) in [5.41, 5.74) is 0. The van der Waals surface area contributed by atoms with Gasteiger partial charge in [-0.2, -0.15) is 0 Å². The molecule has 98 valence electrons. The first-order valence-corrected chi connectivity index (χ1v) is 6.43. The minimum Gasteiger partial charge on any atom is -0.356 e. The van der Waals surface area contributed by atoms with Crippen molar-refractivity contribution < 1.29 is 9.47 Å². The van der Waals surface area contributed by atoms with E-state index in [-0.39, 0.29) is 11.2 Å². The molecule has 0 spiro atoms. The van der Waals surface area contributed by atoms with E-state index in [9.17, 15) is 0 Å². The zero-order valence-electron chi connectivity index (χ0n) is 11.5. The molecule has 3 heteroatoms. The van der Waals surface area contributed by atoms with Crippen LogP contribution in [0, 0.1) is 11.8 Å². The smallest absolute Gasteiger partial charge is 0.157 e. The first-order valence-electron chi connectivity index (χ1n) is 6.05. The lowest BCUT2D eigenvalue weighted by Crippen LogP contribution is -2.23. The number of halogens is 1. The lowest BCUT2D eigenvalue weighted by atomic mass is 9.88. The molecule has 0 N–H and O–H groups in total. The van der Waals surface area contributed by atoms with Gasteiger partial charge in [0.15, 0.2) is 6.29 Å². The lowest BCUT2D eigenvalue weighted by molar-refractivity contribution is -0.113. The predicted octanol–water partition coefficient (Wildman–Crippen LogP) is 4.07. The van der Waals surface area contributed by atoms with Crippen LogP contribution in [0.25, 0.3) is 0 Å². The minimum atomic E-state index is -0.109. The van der Waals surface area contributed by atoms with Gasteiger partial charge in [-0.15, -0.1) is 11.6 Å². The van der Waals surface area contributed by atoms with Gasteiger partial charge in [0, 0.05) is 25.5 Å². The molecule has 0 heterocycles. The Morgan fingerprint density at radius 1 is 1.06 bits per heavy atom. The molecule has 2 unspecified atom stereocenters. The molecule has 0 rings (SSSR count). The molecule has 0 fully saturated rings. The highest BCUT2D eigenvalue weighted by Crippen LogP contribution is 2.29. The molecule has 16 heavy (non-hydrogen) atoms. The average molecular weight is 251 g/mol. The second-order valence-electron chi connectivity index (χ2n) is 5.28. The van der Waals surface area contributed by atoms with E-state index in [1.54, 1.807) is 14.2 Å². The van der Waals surface area contributed by atoms with Crippen LogP contribution in [0.4, 0.5) is 0 Å². The Kier molecular flexibility index (Phi) is 7.62. The van der Waals surface area contributed by atoms with Gasteiger partial charge in [-0.05, 0) is 32.1 Å². The van der Waals surface area contributed by atoms with Crippen LogP contribution in [0.3, 0.4) is 0 Å². The predicted molar refractivity (Wildman–Crippen MR) is 69.9 cm³/mol. The maximum atomic E-state index is 6.28. The fourth-order valence-corrected chi connectivity index (χ4v) is 1.72. The molecule has 2 nitrogen and oxygen atoms in total. The van der Waals surface area contributed by atoms with Crippen molar-refractivity contribution in [1.82, 2.24) is 0 Å². The fraction of sp³-hybridized carbons (Fsp3) is 1.00. The Labute approximate surface area is 106 Å². The number of methoxy groups -OCH3 is 2. The summed E-state index contributed by atoms with van der Waals surface area (Å²) in [6.07, 6.45) is 3.19. The molecule has 0 radical (unpaired) electrons. The number of alkyl halides is 1. The normalized spacial score (nSPS) is 16.5. The molecule has 0 aromatic heterocycles. The number of hydrogen-bond donors (Lipinski definition) is 0. The molecule has 0 saturated carbocycles. The lowest BCUT2D eigenvalue weighted by Gasteiger charge is -2.26. The molecule has 0 aliphatic carbocycles. The Balaban J connectivity index is 3.85. The Morgan fingerprint density at radius 3 is 1.94 bits per heavy atom. The van der Waals surface area contributed by atoms with Crippen molar-refractivity contribution in [3.05, 3.63) is 0 Å². The highest BCUT2D eigenvalue weighted by atomic mass is 35.5. The second kappa shape index (κ2) is 7.52. The summed E-state index contributed by atoms with van der Waals surface area (Å²) in [4.78, 5) is -0.109. The van der Waals surface area contributed by atoms with E-state index in [0.717, 1.165) is 12.8 Å². The van der Waals surface area contributed by atoms with Gasteiger partial charge in [0.25, 0.3) is 0 Å². The highest BCUT2D eigenvalue weighted by Gasteiger charge is 2.23. The van der Waals surface area contributed by atoms with E-state index in [1.165, 1.54) is 6.42 Å². The van der Waals surface area contributed by atoms with Crippen molar-refractivity contribution in [3.63, 3.8) is 0 Å². The minimum absolute atomic E-state index is 0.0747. The van der Waals surface area contributed by atoms with Crippen molar-refractivity contribution in [1.29, 1.82) is 0 Å². The van der Waals surface area contributed by atoms with Crippen LogP contribution in [-0.4, -0.2) is 25.4 Å². The van der Waals surface area contributed by atoms with Gasteiger partial charge in [0.2, 0.25) is 0 Å². The standard InChI is InChI=1S/C13H27ClO2/c1-10(9-12(15-5)16-6)7-8-11(2)13(3,4)14/h10-12H,7-9H2,1-6H3. The van der Waals surface area contributed by atoms with Crippen molar-refractivity contribution in [2.75, 3.05) is 14.2 Å². The zero-order valence-corrected chi connectivity index (χ0v) is 12.3. The fourth-order valence-electron chi connectivity index (χ4n) is 1.61. The average Bonchev–Trinajstić information content (AvgIpc) is 2.20. The van der Waals surface area contributed by atoms with Crippen LogP contribution in [0.2, 0.25) is 0 Å². The Morgan fingerprint density at radius 2 is 1.56 bits per heavy atom. The van der Waals surface area contributed by atoms with Gasteiger partial charge in [-0.1, -0.05) is 20.3 Å². The number of ether oxygens (including phenoxy) is 2. The first-order chi connectivity index (χ1) is 7.31. The van der Waals surface area contributed by atoms with Gasteiger partial charge in [0.1, 0.15) is 0 Å². The van der Waals surface area contributed by atoms with Gasteiger partial charge in [-0.3, -0.25) is 0 Å². The molecule has 0 saturated heterocycles. The van der Waals surface area contributed by atoms with Crippen molar-refractivity contribution >= 4 is 11.6 Å². The van der Waals surface area contributed by atoms with Crippen LogP contribution in [-0.2, 0) is 9.47 Å². The van der Waals surface area contributed by atoms with Crippen molar-refractivity contribution in [2.45, 2.75) is 58.1 Å². The first kappa shape index (κ1) is 16.2. The van der Waals surface area contributed by atoms with E-state index < -0.39 is 0 Å². The largest absolute Gasteiger partial charge is 0.356 e. The maximum Gasteiger partial charge on any atom is 0.157 e. The summed E-state index contributed by atoms with van der Waals surface area (Å²) < 4.78 is 10.4. The van der Waals surface area contributed by atoms with E-state index in [4.69, 9.17) is 21.1 Å². The van der Waals surface area contributed by atoms with E-state index in [1.807, 2.05) is 0 Å². The number of hydrogen-bond acceptors (Lipinski definition) is 2.